The molecule has 0 amide bonds. The van der Waals surface area contributed by atoms with Crippen molar-refractivity contribution in [2.75, 3.05) is 25.5 Å². The van der Waals surface area contributed by atoms with Gasteiger partial charge in [0, 0.05) is 5.33 Å². The number of halogens is 1. The molecule has 86 valence electrons. The molecule has 0 bridgehead atoms. The van der Waals surface area contributed by atoms with Crippen molar-refractivity contribution in [1.29, 1.82) is 0 Å². The van der Waals surface area contributed by atoms with Gasteiger partial charge in [-0.05, 0) is 51.7 Å². The normalized spacial score (nSPS) is 11.6. The Balaban J connectivity index is 3.15. The molecule has 0 fully saturated rings. The Kier molecular flexibility index (Phi) is 10.3. The average Bonchev–Trinajstić information content (AvgIpc) is 2.12. The van der Waals surface area contributed by atoms with E-state index in [1.165, 1.54) is 45.2 Å². The summed E-state index contributed by atoms with van der Waals surface area (Å²) < 4.78 is 0. The van der Waals surface area contributed by atoms with E-state index in [0.29, 0.717) is 0 Å². The van der Waals surface area contributed by atoms with Crippen molar-refractivity contribution in [3.05, 3.63) is 0 Å². The highest BCUT2D eigenvalue weighted by Gasteiger charge is 1.99. The summed E-state index contributed by atoms with van der Waals surface area (Å²) in [6.45, 7) is 7.14. The van der Waals surface area contributed by atoms with Crippen LogP contribution < -0.4 is 0 Å². The smallest absolute Gasteiger partial charge is 0.00313 e. The van der Waals surface area contributed by atoms with Crippen LogP contribution in [0.3, 0.4) is 0 Å². The van der Waals surface area contributed by atoms with Crippen LogP contribution in [0.4, 0.5) is 0 Å². The lowest BCUT2D eigenvalue weighted by Crippen LogP contribution is -2.21. The van der Waals surface area contributed by atoms with E-state index in [-0.39, 0.29) is 0 Å². The van der Waals surface area contributed by atoms with Crippen molar-refractivity contribution in [3.63, 3.8) is 0 Å². The quantitative estimate of drug-likeness (QED) is 0.450. The molecule has 0 saturated carbocycles. The first-order valence-corrected chi connectivity index (χ1v) is 7.03. The minimum atomic E-state index is 0.858. The second-order valence-corrected chi connectivity index (χ2v) is 5.38. The van der Waals surface area contributed by atoms with Crippen LogP contribution in [0.2, 0.25) is 0 Å². The highest BCUT2D eigenvalue weighted by atomic mass is 79.9. The van der Waals surface area contributed by atoms with Crippen molar-refractivity contribution >= 4 is 15.9 Å². The largest absolute Gasteiger partial charge is 0.306 e. The summed E-state index contributed by atoms with van der Waals surface area (Å²) in [5.41, 5.74) is 0. The minimum absolute atomic E-state index is 0.858. The SMILES string of the molecule is CC(C)CCCN(C)CCCCCBr. The number of nitrogens with zero attached hydrogens (tertiary/aromatic N) is 1. The van der Waals surface area contributed by atoms with Crippen LogP contribution in [0.25, 0.3) is 0 Å². The number of hydrogen-bond donors (Lipinski definition) is 0. The monoisotopic (exact) mass is 263 g/mol. The molecule has 0 rings (SSSR count). The van der Waals surface area contributed by atoms with E-state index in [4.69, 9.17) is 0 Å². The molecule has 0 unspecified atom stereocenters. The molecule has 1 nitrogen and oxygen atoms in total. The van der Waals surface area contributed by atoms with Gasteiger partial charge < -0.3 is 4.90 Å². The molecular formula is C12H26BrN. The molecule has 0 aliphatic rings. The van der Waals surface area contributed by atoms with Crippen LogP contribution in [0.15, 0.2) is 0 Å². The lowest BCUT2D eigenvalue weighted by molar-refractivity contribution is 0.310. The fourth-order valence-electron chi connectivity index (χ4n) is 1.53. The third-order valence-corrected chi connectivity index (χ3v) is 3.06. The maximum atomic E-state index is 3.46. The lowest BCUT2D eigenvalue weighted by Gasteiger charge is -2.16. The minimum Gasteiger partial charge on any atom is -0.306 e. The van der Waals surface area contributed by atoms with Gasteiger partial charge in [0.1, 0.15) is 0 Å². The summed E-state index contributed by atoms with van der Waals surface area (Å²) in [7, 11) is 2.24. The average molecular weight is 264 g/mol. The van der Waals surface area contributed by atoms with Gasteiger partial charge in [0.05, 0.1) is 0 Å². The van der Waals surface area contributed by atoms with E-state index >= 15 is 0 Å². The summed E-state index contributed by atoms with van der Waals surface area (Å²) in [6, 6.07) is 0. The van der Waals surface area contributed by atoms with E-state index in [1.807, 2.05) is 0 Å². The number of rotatable bonds is 9. The van der Waals surface area contributed by atoms with E-state index in [1.54, 1.807) is 0 Å². The highest BCUT2D eigenvalue weighted by Crippen LogP contribution is 2.05. The third kappa shape index (κ3) is 10.5. The first-order chi connectivity index (χ1) is 6.66. The Morgan fingerprint density at radius 3 is 2.21 bits per heavy atom. The van der Waals surface area contributed by atoms with Gasteiger partial charge in [-0.15, -0.1) is 0 Å². The molecule has 0 atom stereocenters. The molecule has 0 N–H and O–H groups in total. The van der Waals surface area contributed by atoms with Crippen molar-refractivity contribution in [1.82, 2.24) is 4.90 Å². The summed E-state index contributed by atoms with van der Waals surface area (Å²) in [5.74, 6) is 0.858. The van der Waals surface area contributed by atoms with E-state index in [0.717, 1.165) is 11.2 Å². The van der Waals surface area contributed by atoms with Crippen molar-refractivity contribution < 1.29 is 0 Å². The van der Waals surface area contributed by atoms with Gasteiger partial charge in [-0.25, -0.2) is 0 Å². The molecule has 14 heavy (non-hydrogen) atoms. The van der Waals surface area contributed by atoms with Crippen molar-refractivity contribution in [3.8, 4) is 0 Å². The fraction of sp³-hybridized carbons (Fsp3) is 1.00. The Morgan fingerprint density at radius 1 is 1.00 bits per heavy atom. The van der Waals surface area contributed by atoms with Crippen LogP contribution in [-0.4, -0.2) is 30.4 Å². The van der Waals surface area contributed by atoms with Gasteiger partial charge in [0.2, 0.25) is 0 Å². The molecule has 2 heteroatoms. The molecular weight excluding hydrogens is 238 g/mol. The number of hydrogen-bond acceptors (Lipinski definition) is 1. The third-order valence-electron chi connectivity index (χ3n) is 2.49. The molecule has 0 aromatic heterocycles. The molecule has 0 heterocycles. The number of alkyl halides is 1. The maximum Gasteiger partial charge on any atom is 0.00313 e. The van der Waals surface area contributed by atoms with Crippen LogP contribution in [-0.2, 0) is 0 Å². The Labute approximate surface area is 98.4 Å². The van der Waals surface area contributed by atoms with Gasteiger partial charge in [-0.1, -0.05) is 36.2 Å². The van der Waals surface area contributed by atoms with Crippen LogP contribution >= 0.6 is 15.9 Å². The standard InChI is InChI=1S/C12H26BrN/c1-12(2)8-7-11-14(3)10-6-4-5-9-13/h12H,4-11H2,1-3H3. The Bertz CT molecular complexity index is 115. The van der Waals surface area contributed by atoms with Crippen LogP contribution in [0.1, 0.15) is 46.0 Å². The summed E-state index contributed by atoms with van der Waals surface area (Å²) in [5, 5.41) is 1.16. The highest BCUT2D eigenvalue weighted by molar-refractivity contribution is 9.09. The summed E-state index contributed by atoms with van der Waals surface area (Å²) >= 11 is 3.46. The zero-order chi connectivity index (χ0) is 10.8. The van der Waals surface area contributed by atoms with Crippen molar-refractivity contribution in [2.45, 2.75) is 46.0 Å². The van der Waals surface area contributed by atoms with Crippen LogP contribution in [0, 0.1) is 5.92 Å². The topological polar surface area (TPSA) is 3.24 Å². The molecule has 0 radical (unpaired) electrons. The van der Waals surface area contributed by atoms with Gasteiger partial charge in [0.15, 0.2) is 0 Å². The maximum absolute atomic E-state index is 3.46. The van der Waals surface area contributed by atoms with Gasteiger partial charge >= 0.3 is 0 Å². The zero-order valence-electron chi connectivity index (χ0n) is 10.1. The van der Waals surface area contributed by atoms with E-state index < -0.39 is 0 Å². The van der Waals surface area contributed by atoms with Crippen LogP contribution in [0.5, 0.6) is 0 Å². The Morgan fingerprint density at radius 2 is 1.64 bits per heavy atom. The molecule has 0 aliphatic carbocycles. The molecule has 0 spiro atoms. The Hall–Kier alpha value is 0.440. The first kappa shape index (κ1) is 14.4. The molecule has 0 saturated heterocycles. The predicted octanol–water partition coefficient (Wildman–Crippen LogP) is 3.92. The number of unbranched alkanes of at least 4 members (excludes halogenated alkanes) is 2. The molecule has 0 aromatic carbocycles. The van der Waals surface area contributed by atoms with Gasteiger partial charge in [-0.3, -0.25) is 0 Å². The second-order valence-electron chi connectivity index (χ2n) is 4.59. The van der Waals surface area contributed by atoms with Gasteiger partial charge in [0.25, 0.3) is 0 Å². The second kappa shape index (κ2) is 9.97. The first-order valence-electron chi connectivity index (χ1n) is 5.91. The van der Waals surface area contributed by atoms with Gasteiger partial charge in [-0.2, -0.15) is 0 Å². The zero-order valence-corrected chi connectivity index (χ0v) is 11.6. The fourth-order valence-corrected chi connectivity index (χ4v) is 1.93. The molecule has 0 aromatic rings. The predicted molar refractivity (Wildman–Crippen MR) is 69.2 cm³/mol. The van der Waals surface area contributed by atoms with E-state index in [2.05, 4.69) is 41.7 Å². The van der Waals surface area contributed by atoms with E-state index in [9.17, 15) is 0 Å². The van der Waals surface area contributed by atoms with Crippen molar-refractivity contribution in [2.24, 2.45) is 5.92 Å². The molecule has 0 aliphatic heterocycles. The summed E-state index contributed by atoms with van der Waals surface area (Å²) in [4.78, 5) is 2.47. The lowest BCUT2D eigenvalue weighted by atomic mass is 10.1. The summed E-state index contributed by atoms with van der Waals surface area (Å²) in [6.07, 6.45) is 6.75.